The molecule has 0 spiro atoms. The van der Waals surface area contributed by atoms with Gasteiger partial charge in [-0.05, 0) is 68.6 Å². The SMILES string of the molecule is CCCN(CCC)CCCCN(CCC(=O)OCc1ccccc1)Cc1ccc(CN(Cc2ncc[nH]2)Cc2[nH]cc[n+]2C)cc1. The molecule has 0 aliphatic rings. The molecule has 0 radical (unpaired) electrons. The topological polar surface area (TPSA) is 84.4 Å². The molecular weight excluding hydrogens is 574 g/mol. The highest BCUT2D eigenvalue weighted by molar-refractivity contribution is 5.69. The quantitative estimate of drug-likeness (QED) is 0.0670. The van der Waals surface area contributed by atoms with Crippen molar-refractivity contribution in [2.45, 2.75) is 78.7 Å². The normalized spacial score (nSPS) is 11.6. The summed E-state index contributed by atoms with van der Waals surface area (Å²) in [5.41, 5.74) is 3.53. The van der Waals surface area contributed by atoms with Gasteiger partial charge in [0, 0.05) is 32.0 Å². The maximum absolute atomic E-state index is 12.7. The lowest BCUT2D eigenvalue weighted by Gasteiger charge is -2.24. The molecule has 0 atom stereocenters. The molecule has 2 aromatic carbocycles. The van der Waals surface area contributed by atoms with Gasteiger partial charge in [-0.1, -0.05) is 68.4 Å². The lowest BCUT2D eigenvalue weighted by Crippen LogP contribution is -2.35. The Bertz CT molecular complexity index is 1370. The standard InChI is InChI=1S/C37H53N7O2/c1-4-21-42(22-5-2)23-9-10-24-43(25-17-37(45)46-31-34-11-7-6-8-12-34)27-32-13-15-33(16-14-32)28-44(29-35-38-18-19-39-35)30-36-40-20-26-41(36)3/h6-8,11-16,18-20,26H,4-5,9-10,17,21-25,27-31H2,1-3H3,(H,38,39)/p+1. The van der Waals surface area contributed by atoms with Crippen LogP contribution in [-0.2, 0) is 49.4 Å². The molecule has 0 aliphatic carbocycles. The van der Waals surface area contributed by atoms with Gasteiger partial charge in [-0.3, -0.25) is 14.6 Å². The summed E-state index contributed by atoms with van der Waals surface area (Å²) in [5, 5.41) is 0. The summed E-state index contributed by atoms with van der Waals surface area (Å²) in [5.74, 6) is 1.96. The van der Waals surface area contributed by atoms with Crippen molar-refractivity contribution in [3.05, 3.63) is 108 Å². The van der Waals surface area contributed by atoms with Crippen molar-refractivity contribution in [3.8, 4) is 0 Å². The minimum atomic E-state index is -0.145. The number of nitrogens with one attached hydrogen (secondary N) is 2. The van der Waals surface area contributed by atoms with Gasteiger partial charge in [0.15, 0.2) is 0 Å². The Balaban J connectivity index is 1.34. The number of aromatic amines is 2. The van der Waals surface area contributed by atoms with E-state index in [0.29, 0.717) is 19.6 Å². The molecule has 0 amide bonds. The molecule has 2 heterocycles. The molecule has 9 nitrogen and oxygen atoms in total. The number of rotatable bonds is 22. The predicted molar refractivity (Wildman–Crippen MR) is 182 cm³/mol. The maximum atomic E-state index is 12.7. The molecule has 2 aromatic heterocycles. The fourth-order valence-electron chi connectivity index (χ4n) is 5.80. The van der Waals surface area contributed by atoms with Crippen molar-refractivity contribution in [3.63, 3.8) is 0 Å². The Hall–Kier alpha value is -3.79. The second-order valence-corrected chi connectivity index (χ2v) is 12.2. The van der Waals surface area contributed by atoms with Crippen LogP contribution in [0.25, 0.3) is 0 Å². The summed E-state index contributed by atoms with van der Waals surface area (Å²) in [6.07, 6.45) is 12.7. The van der Waals surface area contributed by atoms with Crippen LogP contribution >= 0.6 is 0 Å². The molecular formula is C37H54N7O2+. The number of hydrogen-bond donors (Lipinski definition) is 2. The van der Waals surface area contributed by atoms with Crippen LogP contribution in [-0.4, -0.2) is 68.3 Å². The number of unbranched alkanes of at least 4 members (excludes halogenated alkanes) is 1. The van der Waals surface area contributed by atoms with Gasteiger partial charge in [0.05, 0.1) is 20.0 Å². The first-order chi connectivity index (χ1) is 22.5. The fraction of sp³-hybridized carbons (Fsp3) is 0.486. The van der Waals surface area contributed by atoms with Gasteiger partial charge in [0.25, 0.3) is 5.82 Å². The summed E-state index contributed by atoms with van der Waals surface area (Å²) in [6.45, 7) is 13.1. The second kappa shape index (κ2) is 19.7. The molecule has 0 saturated heterocycles. The first kappa shape index (κ1) is 35.1. The van der Waals surface area contributed by atoms with E-state index in [0.717, 1.165) is 69.3 Å². The number of nitrogens with zero attached hydrogens (tertiary/aromatic N) is 5. The van der Waals surface area contributed by atoms with Gasteiger partial charge in [-0.15, -0.1) is 0 Å². The molecule has 0 aliphatic heterocycles. The largest absolute Gasteiger partial charge is 0.461 e. The second-order valence-electron chi connectivity index (χ2n) is 12.2. The van der Waals surface area contributed by atoms with Crippen molar-refractivity contribution >= 4 is 5.97 Å². The lowest BCUT2D eigenvalue weighted by molar-refractivity contribution is -0.679. The van der Waals surface area contributed by atoms with Gasteiger partial charge < -0.3 is 14.6 Å². The molecule has 0 unspecified atom stereocenters. The van der Waals surface area contributed by atoms with Gasteiger partial charge >= 0.3 is 5.97 Å². The van der Waals surface area contributed by atoms with E-state index in [-0.39, 0.29) is 5.97 Å². The van der Waals surface area contributed by atoms with E-state index in [1.807, 2.05) is 48.9 Å². The Labute approximate surface area is 275 Å². The first-order valence-corrected chi connectivity index (χ1v) is 17.0. The van der Waals surface area contributed by atoms with Crippen LogP contribution in [0.4, 0.5) is 0 Å². The zero-order valence-corrected chi connectivity index (χ0v) is 28.2. The van der Waals surface area contributed by atoms with Crippen LogP contribution < -0.4 is 4.57 Å². The van der Waals surface area contributed by atoms with E-state index >= 15 is 0 Å². The zero-order chi connectivity index (χ0) is 32.4. The summed E-state index contributed by atoms with van der Waals surface area (Å²) in [7, 11) is 2.06. The third kappa shape index (κ3) is 12.5. The fourth-order valence-corrected chi connectivity index (χ4v) is 5.80. The number of carbonyl (C=O) groups excluding carboxylic acids is 1. The number of aryl methyl sites for hydroxylation is 1. The highest BCUT2D eigenvalue weighted by Gasteiger charge is 2.16. The van der Waals surface area contributed by atoms with E-state index < -0.39 is 0 Å². The van der Waals surface area contributed by atoms with Gasteiger partial charge in [-0.2, -0.15) is 0 Å². The smallest absolute Gasteiger partial charge is 0.307 e. The first-order valence-electron chi connectivity index (χ1n) is 17.0. The number of H-pyrrole nitrogens is 2. The van der Waals surface area contributed by atoms with E-state index in [4.69, 9.17) is 4.74 Å². The molecule has 0 saturated carbocycles. The third-order valence-corrected chi connectivity index (χ3v) is 8.26. The number of ether oxygens (including phenoxy) is 1. The highest BCUT2D eigenvalue weighted by atomic mass is 16.5. The minimum absolute atomic E-state index is 0.145. The number of esters is 1. The summed E-state index contributed by atoms with van der Waals surface area (Å²) < 4.78 is 7.71. The summed E-state index contributed by atoms with van der Waals surface area (Å²) >= 11 is 0. The van der Waals surface area contributed by atoms with E-state index in [1.165, 1.54) is 37.1 Å². The van der Waals surface area contributed by atoms with E-state index in [1.54, 1.807) is 6.20 Å². The Morgan fingerprint density at radius 1 is 0.739 bits per heavy atom. The van der Waals surface area contributed by atoms with E-state index in [9.17, 15) is 4.79 Å². The Morgan fingerprint density at radius 3 is 2.02 bits per heavy atom. The predicted octanol–water partition coefficient (Wildman–Crippen LogP) is 5.60. The number of carbonyl (C=O) groups is 1. The van der Waals surface area contributed by atoms with Crippen molar-refractivity contribution in [1.29, 1.82) is 0 Å². The van der Waals surface area contributed by atoms with Crippen molar-refractivity contribution < 1.29 is 14.1 Å². The average molecular weight is 629 g/mol. The van der Waals surface area contributed by atoms with Gasteiger partial charge in [-0.25, -0.2) is 14.5 Å². The summed E-state index contributed by atoms with van der Waals surface area (Å²) in [6, 6.07) is 18.8. The number of benzene rings is 2. The maximum Gasteiger partial charge on any atom is 0.307 e. The van der Waals surface area contributed by atoms with Crippen LogP contribution in [0.5, 0.6) is 0 Å². The molecule has 0 fully saturated rings. The number of imidazole rings is 2. The Kier molecular flexibility index (Phi) is 15.0. The highest BCUT2D eigenvalue weighted by Crippen LogP contribution is 2.14. The average Bonchev–Trinajstić information content (AvgIpc) is 3.73. The van der Waals surface area contributed by atoms with Crippen LogP contribution in [0.3, 0.4) is 0 Å². The zero-order valence-electron chi connectivity index (χ0n) is 28.2. The van der Waals surface area contributed by atoms with Crippen molar-refractivity contribution in [1.82, 2.24) is 29.7 Å². The third-order valence-electron chi connectivity index (χ3n) is 8.26. The molecule has 4 aromatic rings. The minimum Gasteiger partial charge on any atom is -0.461 e. The monoisotopic (exact) mass is 628 g/mol. The molecule has 4 rings (SSSR count). The molecule has 248 valence electrons. The molecule has 46 heavy (non-hydrogen) atoms. The van der Waals surface area contributed by atoms with Crippen molar-refractivity contribution in [2.75, 3.05) is 32.7 Å². The molecule has 9 heteroatoms. The van der Waals surface area contributed by atoms with Crippen LogP contribution in [0, 0.1) is 0 Å². The van der Waals surface area contributed by atoms with Crippen molar-refractivity contribution in [2.24, 2.45) is 7.05 Å². The van der Waals surface area contributed by atoms with Gasteiger partial charge in [0.1, 0.15) is 31.4 Å². The van der Waals surface area contributed by atoms with Crippen LogP contribution in [0.2, 0.25) is 0 Å². The molecule has 0 bridgehead atoms. The van der Waals surface area contributed by atoms with Crippen LogP contribution in [0.15, 0.2) is 79.4 Å². The van der Waals surface area contributed by atoms with Gasteiger partial charge in [0.2, 0.25) is 0 Å². The Morgan fingerprint density at radius 2 is 1.41 bits per heavy atom. The number of hydrogen-bond acceptors (Lipinski definition) is 6. The lowest BCUT2D eigenvalue weighted by atomic mass is 10.1. The van der Waals surface area contributed by atoms with Crippen LogP contribution in [0.1, 0.15) is 74.3 Å². The summed E-state index contributed by atoms with van der Waals surface area (Å²) in [4.78, 5) is 31.1. The molecule has 2 N–H and O–H groups in total. The van der Waals surface area contributed by atoms with E-state index in [2.05, 4.69) is 79.4 Å². The number of aromatic nitrogens is 4.